The second-order valence-corrected chi connectivity index (χ2v) is 4.57. The van der Waals surface area contributed by atoms with Crippen LogP contribution in [0.2, 0.25) is 0 Å². The van der Waals surface area contributed by atoms with E-state index in [1.54, 1.807) is 0 Å². The van der Waals surface area contributed by atoms with Gasteiger partial charge in [0.15, 0.2) is 0 Å². The summed E-state index contributed by atoms with van der Waals surface area (Å²) in [5.74, 6) is -0.757. The number of carbonyl (C=O) groups is 2. The summed E-state index contributed by atoms with van der Waals surface area (Å²) < 4.78 is 38.4. The number of nitrogen functional groups attached to an aromatic ring is 1. The lowest BCUT2D eigenvalue weighted by Crippen LogP contribution is -2.34. The molecule has 0 heterocycles. The molecule has 2 aromatic rings. The molecule has 0 saturated carbocycles. The third kappa shape index (κ3) is 4.22. The van der Waals surface area contributed by atoms with Gasteiger partial charge in [0.2, 0.25) is 0 Å². The van der Waals surface area contributed by atoms with Gasteiger partial charge in [0, 0.05) is 11.3 Å². The predicted octanol–water partition coefficient (Wildman–Crippen LogP) is 3.25. The van der Waals surface area contributed by atoms with Crippen molar-refractivity contribution < 1.29 is 22.8 Å². The minimum atomic E-state index is -4.62. The molecule has 2 aromatic carbocycles. The van der Waals surface area contributed by atoms with E-state index < -0.39 is 29.4 Å². The van der Waals surface area contributed by atoms with Gasteiger partial charge >= 0.3 is 12.2 Å². The van der Waals surface area contributed by atoms with Crippen LogP contribution in [0.25, 0.3) is 0 Å². The average molecular weight is 323 g/mol. The highest BCUT2D eigenvalue weighted by molar-refractivity contribution is 6.08. The largest absolute Gasteiger partial charge is 0.418 e. The van der Waals surface area contributed by atoms with E-state index in [4.69, 9.17) is 5.73 Å². The smallest absolute Gasteiger partial charge is 0.399 e. The van der Waals surface area contributed by atoms with Crippen molar-refractivity contribution in [2.24, 2.45) is 0 Å². The van der Waals surface area contributed by atoms with Gasteiger partial charge in [-0.15, -0.1) is 0 Å². The molecule has 0 aliphatic rings. The number of alkyl halides is 3. The maximum Gasteiger partial charge on any atom is 0.418 e. The fourth-order valence-corrected chi connectivity index (χ4v) is 1.80. The Balaban J connectivity index is 2.08. The number of hydrogen-bond acceptors (Lipinski definition) is 3. The van der Waals surface area contributed by atoms with Crippen molar-refractivity contribution in [2.45, 2.75) is 6.18 Å². The molecule has 0 fully saturated rings. The fraction of sp³-hybridized carbons (Fsp3) is 0.0667. The molecule has 5 nitrogen and oxygen atoms in total. The lowest BCUT2D eigenvalue weighted by molar-refractivity contribution is -0.136. The van der Waals surface area contributed by atoms with E-state index in [1.165, 1.54) is 36.4 Å². The van der Waals surface area contributed by atoms with Crippen LogP contribution in [0.4, 0.5) is 29.3 Å². The molecule has 8 heteroatoms. The summed E-state index contributed by atoms with van der Waals surface area (Å²) in [7, 11) is 0. The molecular weight excluding hydrogens is 311 g/mol. The minimum absolute atomic E-state index is 0.151. The first kappa shape index (κ1) is 16.3. The average Bonchev–Trinajstić information content (AvgIpc) is 2.47. The van der Waals surface area contributed by atoms with Crippen molar-refractivity contribution in [2.75, 3.05) is 11.1 Å². The van der Waals surface area contributed by atoms with E-state index in [9.17, 15) is 22.8 Å². The minimum Gasteiger partial charge on any atom is -0.399 e. The highest BCUT2D eigenvalue weighted by atomic mass is 19.4. The Hall–Kier alpha value is -3.03. The maximum atomic E-state index is 12.8. The van der Waals surface area contributed by atoms with Crippen LogP contribution in [-0.2, 0) is 6.18 Å². The van der Waals surface area contributed by atoms with Crippen molar-refractivity contribution in [3.63, 3.8) is 0 Å². The van der Waals surface area contributed by atoms with Gasteiger partial charge in [-0.2, -0.15) is 13.2 Å². The van der Waals surface area contributed by atoms with Crippen molar-refractivity contribution in [1.29, 1.82) is 0 Å². The number of para-hydroxylation sites is 1. The Labute approximate surface area is 129 Å². The predicted molar refractivity (Wildman–Crippen MR) is 78.8 cm³/mol. The molecule has 0 bridgehead atoms. The third-order valence-corrected chi connectivity index (χ3v) is 2.88. The van der Waals surface area contributed by atoms with Crippen molar-refractivity contribution in [1.82, 2.24) is 5.32 Å². The van der Waals surface area contributed by atoms with Crippen LogP contribution in [0.1, 0.15) is 15.9 Å². The number of carbonyl (C=O) groups excluding carboxylic acids is 2. The first-order valence-electron chi connectivity index (χ1n) is 6.41. The van der Waals surface area contributed by atoms with Gasteiger partial charge in [-0.3, -0.25) is 10.1 Å². The number of amides is 3. The number of rotatable bonds is 2. The van der Waals surface area contributed by atoms with Crippen LogP contribution in [0, 0.1) is 0 Å². The number of benzene rings is 2. The first-order chi connectivity index (χ1) is 10.8. The molecule has 4 N–H and O–H groups in total. The van der Waals surface area contributed by atoms with E-state index in [1.807, 2.05) is 10.6 Å². The number of hydrogen-bond donors (Lipinski definition) is 3. The van der Waals surface area contributed by atoms with Crippen LogP contribution in [0.5, 0.6) is 0 Å². The first-order valence-corrected chi connectivity index (χ1v) is 6.41. The Morgan fingerprint density at radius 3 is 2.17 bits per heavy atom. The van der Waals surface area contributed by atoms with Gasteiger partial charge < -0.3 is 11.1 Å². The SMILES string of the molecule is Nc1ccc(C(=O)NC(=O)Nc2ccccc2C(F)(F)F)cc1. The lowest BCUT2D eigenvalue weighted by Gasteiger charge is -2.13. The summed E-state index contributed by atoms with van der Waals surface area (Å²) >= 11 is 0. The van der Waals surface area contributed by atoms with Gasteiger partial charge in [-0.05, 0) is 36.4 Å². The quantitative estimate of drug-likeness (QED) is 0.742. The van der Waals surface area contributed by atoms with Gasteiger partial charge in [-0.1, -0.05) is 12.1 Å². The highest BCUT2D eigenvalue weighted by Crippen LogP contribution is 2.34. The molecule has 0 radical (unpaired) electrons. The molecule has 120 valence electrons. The number of nitrogens with one attached hydrogen (secondary N) is 2. The van der Waals surface area contributed by atoms with Gasteiger partial charge in [-0.25, -0.2) is 4.79 Å². The summed E-state index contributed by atoms with van der Waals surface area (Å²) in [6, 6.07) is 9.11. The molecular formula is C15H12F3N3O2. The normalized spacial score (nSPS) is 10.9. The molecule has 0 aliphatic heterocycles. The monoisotopic (exact) mass is 323 g/mol. The Bertz CT molecular complexity index is 727. The number of nitrogens with two attached hydrogens (primary N) is 1. The summed E-state index contributed by atoms with van der Waals surface area (Å²) in [6.45, 7) is 0. The molecule has 0 saturated heterocycles. The van der Waals surface area contributed by atoms with Crippen molar-refractivity contribution >= 4 is 23.3 Å². The Morgan fingerprint density at radius 1 is 0.957 bits per heavy atom. The van der Waals surface area contributed by atoms with Gasteiger partial charge in [0.1, 0.15) is 0 Å². The van der Waals surface area contributed by atoms with Gasteiger partial charge in [0.05, 0.1) is 11.3 Å². The number of halogens is 3. The zero-order valence-corrected chi connectivity index (χ0v) is 11.6. The summed E-state index contributed by atoms with van der Waals surface area (Å²) in [5, 5.41) is 3.96. The lowest BCUT2D eigenvalue weighted by atomic mass is 10.1. The van der Waals surface area contributed by atoms with E-state index in [2.05, 4.69) is 0 Å². The zero-order chi connectivity index (χ0) is 17.0. The molecule has 0 aromatic heterocycles. The number of imide groups is 1. The summed E-state index contributed by atoms with van der Waals surface area (Å²) in [6.07, 6.45) is -4.62. The molecule has 2 rings (SSSR count). The second-order valence-electron chi connectivity index (χ2n) is 4.57. The van der Waals surface area contributed by atoms with E-state index in [0.29, 0.717) is 5.69 Å². The van der Waals surface area contributed by atoms with Crippen LogP contribution in [-0.4, -0.2) is 11.9 Å². The van der Waals surface area contributed by atoms with E-state index >= 15 is 0 Å². The summed E-state index contributed by atoms with van der Waals surface area (Å²) in [4.78, 5) is 23.5. The molecule has 0 unspecified atom stereocenters. The number of anilines is 2. The van der Waals surface area contributed by atoms with Crippen LogP contribution in [0.3, 0.4) is 0 Å². The highest BCUT2D eigenvalue weighted by Gasteiger charge is 2.33. The zero-order valence-electron chi connectivity index (χ0n) is 11.6. The van der Waals surface area contributed by atoms with Crippen LogP contribution in [0.15, 0.2) is 48.5 Å². The van der Waals surface area contributed by atoms with Crippen molar-refractivity contribution in [3.05, 3.63) is 59.7 Å². The number of urea groups is 1. The Morgan fingerprint density at radius 2 is 1.57 bits per heavy atom. The third-order valence-electron chi connectivity index (χ3n) is 2.88. The van der Waals surface area contributed by atoms with E-state index in [0.717, 1.165) is 12.1 Å². The molecule has 0 spiro atoms. The molecule has 23 heavy (non-hydrogen) atoms. The summed E-state index contributed by atoms with van der Waals surface area (Å²) in [5.41, 5.74) is 4.61. The van der Waals surface area contributed by atoms with Crippen LogP contribution < -0.4 is 16.4 Å². The molecule has 3 amide bonds. The standard InChI is InChI=1S/C15H12F3N3O2/c16-15(17,18)11-3-1-2-4-12(11)20-14(23)21-13(22)9-5-7-10(19)8-6-9/h1-8H,19H2,(H2,20,21,22,23). The topological polar surface area (TPSA) is 84.2 Å². The van der Waals surface area contributed by atoms with Crippen molar-refractivity contribution in [3.8, 4) is 0 Å². The second kappa shape index (κ2) is 6.39. The van der Waals surface area contributed by atoms with Crippen LogP contribution >= 0.6 is 0 Å². The molecule has 0 aliphatic carbocycles. The van der Waals surface area contributed by atoms with E-state index in [-0.39, 0.29) is 5.56 Å². The fourth-order valence-electron chi connectivity index (χ4n) is 1.80. The van der Waals surface area contributed by atoms with Gasteiger partial charge in [0.25, 0.3) is 5.91 Å². The molecule has 0 atom stereocenters. The Kier molecular flexibility index (Phi) is 4.54. The maximum absolute atomic E-state index is 12.8.